The lowest BCUT2D eigenvalue weighted by Crippen LogP contribution is -2.07. The largest absolute Gasteiger partial charge is 0.434 e. The van der Waals surface area contributed by atoms with E-state index in [-0.39, 0.29) is 11.9 Å². The maximum Gasteiger partial charge on any atom is 0.317 e. The minimum absolute atomic E-state index is 0.190. The predicted octanol–water partition coefficient (Wildman–Crippen LogP) is 0.652. The highest BCUT2D eigenvalue weighted by Crippen LogP contribution is 2.15. The molecule has 0 radical (unpaired) electrons. The van der Waals surface area contributed by atoms with E-state index in [4.69, 9.17) is 0 Å². The predicted molar refractivity (Wildman–Crippen MR) is 34.0 cm³/mol. The van der Waals surface area contributed by atoms with Gasteiger partial charge in [0.25, 0.3) is 0 Å². The van der Waals surface area contributed by atoms with Crippen molar-refractivity contribution in [1.29, 1.82) is 0 Å². The SMILES string of the molecule is O=CCCC1C=COC1=O. The number of carbonyl (C=O) groups is 2. The zero-order valence-corrected chi connectivity index (χ0v) is 5.45. The Morgan fingerprint density at radius 1 is 1.70 bits per heavy atom. The molecular weight excluding hydrogens is 132 g/mol. The van der Waals surface area contributed by atoms with Crippen LogP contribution in [0.2, 0.25) is 0 Å². The molecule has 0 aromatic rings. The van der Waals surface area contributed by atoms with Gasteiger partial charge < -0.3 is 9.53 Å². The molecule has 1 aliphatic rings. The van der Waals surface area contributed by atoms with Gasteiger partial charge in [-0.2, -0.15) is 0 Å². The maximum absolute atomic E-state index is 10.7. The third kappa shape index (κ3) is 1.43. The molecule has 3 heteroatoms. The van der Waals surface area contributed by atoms with Crippen molar-refractivity contribution in [2.45, 2.75) is 12.8 Å². The van der Waals surface area contributed by atoms with Crippen molar-refractivity contribution in [3.05, 3.63) is 12.3 Å². The van der Waals surface area contributed by atoms with E-state index in [1.54, 1.807) is 6.08 Å². The van der Waals surface area contributed by atoms with Crippen molar-refractivity contribution >= 4 is 12.3 Å². The number of rotatable bonds is 3. The smallest absolute Gasteiger partial charge is 0.317 e. The third-order valence-electron chi connectivity index (χ3n) is 1.39. The summed E-state index contributed by atoms with van der Waals surface area (Å²) in [6.45, 7) is 0. The van der Waals surface area contributed by atoms with Crippen LogP contribution < -0.4 is 0 Å². The van der Waals surface area contributed by atoms with Crippen molar-refractivity contribution < 1.29 is 14.3 Å². The molecule has 1 heterocycles. The second-order valence-corrected chi connectivity index (χ2v) is 2.12. The summed E-state index contributed by atoms with van der Waals surface area (Å²) in [6.07, 6.45) is 4.84. The molecule has 0 aromatic heterocycles. The van der Waals surface area contributed by atoms with E-state index in [9.17, 15) is 9.59 Å². The van der Waals surface area contributed by atoms with Crippen LogP contribution in [0.1, 0.15) is 12.8 Å². The van der Waals surface area contributed by atoms with E-state index in [0.717, 1.165) is 6.29 Å². The lowest BCUT2D eigenvalue weighted by Gasteiger charge is -1.98. The molecule has 3 nitrogen and oxygen atoms in total. The van der Waals surface area contributed by atoms with Gasteiger partial charge in [0.1, 0.15) is 6.29 Å². The molecule has 0 aliphatic carbocycles. The highest BCUT2D eigenvalue weighted by molar-refractivity contribution is 5.77. The average Bonchev–Trinajstić information content (AvgIpc) is 2.31. The normalized spacial score (nSPS) is 22.8. The number of esters is 1. The fraction of sp³-hybridized carbons (Fsp3) is 0.429. The molecule has 0 fully saturated rings. The summed E-state index contributed by atoms with van der Waals surface area (Å²) < 4.78 is 4.53. The minimum Gasteiger partial charge on any atom is -0.434 e. The van der Waals surface area contributed by atoms with Crippen molar-refractivity contribution in [1.82, 2.24) is 0 Å². The van der Waals surface area contributed by atoms with Crippen LogP contribution in [-0.2, 0) is 14.3 Å². The number of ether oxygens (including phenoxy) is 1. The van der Waals surface area contributed by atoms with E-state index in [2.05, 4.69) is 4.74 Å². The van der Waals surface area contributed by atoms with E-state index >= 15 is 0 Å². The average molecular weight is 140 g/mol. The summed E-state index contributed by atoms with van der Waals surface area (Å²) in [7, 11) is 0. The Bertz CT molecular complexity index is 172. The lowest BCUT2D eigenvalue weighted by molar-refractivity contribution is -0.139. The molecule has 0 saturated carbocycles. The van der Waals surface area contributed by atoms with Gasteiger partial charge in [-0.25, -0.2) is 0 Å². The molecule has 54 valence electrons. The summed E-state index contributed by atoms with van der Waals surface area (Å²) in [6, 6.07) is 0. The lowest BCUT2D eigenvalue weighted by atomic mass is 10.1. The Balaban J connectivity index is 2.33. The van der Waals surface area contributed by atoms with Gasteiger partial charge in [-0.3, -0.25) is 4.79 Å². The molecular formula is C7H8O3. The van der Waals surface area contributed by atoms with E-state index in [0.29, 0.717) is 12.8 Å². The summed E-state index contributed by atoms with van der Waals surface area (Å²) in [5, 5.41) is 0. The van der Waals surface area contributed by atoms with Crippen molar-refractivity contribution in [2.75, 3.05) is 0 Å². The number of hydrogen-bond donors (Lipinski definition) is 0. The van der Waals surface area contributed by atoms with Crippen LogP contribution in [0, 0.1) is 5.92 Å². The van der Waals surface area contributed by atoms with Gasteiger partial charge in [-0.15, -0.1) is 0 Å². The zero-order chi connectivity index (χ0) is 7.40. The van der Waals surface area contributed by atoms with Crippen molar-refractivity contribution in [3.63, 3.8) is 0 Å². The highest BCUT2D eigenvalue weighted by atomic mass is 16.5. The Labute approximate surface area is 58.7 Å². The monoisotopic (exact) mass is 140 g/mol. The summed E-state index contributed by atoms with van der Waals surface area (Å²) in [5.74, 6) is -0.438. The summed E-state index contributed by atoms with van der Waals surface area (Å²) >= 11 is 0. The molecule has 10 heavy (non-hydrogen) atoms. The number of hydrogen-bond acceptors (Lipinski definition) is 3. The number of cyclic esters (lactones) is 1. The van der Waals surface area contributed by atoms with E-state index in [1.165, 1.54) is 6.26 Å². The number of aldehydes is 1. The zero-order valence-electron chi connectivity index (χ0n) is 5.45. The van der Waals surface area contributed by atoms with Gasteiger partial charge >= 0.3 is 5.97 Å². The van der Waals surface area contributed by atoms with Crippen LogP contribution in [-0.4, -0.2) is 12.3 Å². The summed E-state index contributed by atoms with van der Waals surface area (Å²) in [4.78, 5) is 20.6. The van der Waals surface area contributed by atoms with Gasteiger partial charge in [-0.05, 0) is 12.5 Å². The van der Waals surface area contributed by atoms with Crippen LogP contribution in [0.5, 0.6) is 0 Å². The van der Waals surface area contributed by atoms with Crippen molar-refractivity contribution in [2.24, 2.45) is 5.92 Å². The van der Waals surface area contributed by atoms with Crippen LogP contribution in [0.25, 0.3) is 0 Å². The maximum atomic E-state index is 10.7. The minimum atomic E-state index is -0.248. The van der Waals surface area contributed by atoms with Gasteiger partial charge in [0.05, 0.1) is 12.2 Å². The molecule has 0 amide bonds. The van der Waals surface area contributed by atoms with Crippen LogP contribution >= 0.6 is 0 Å². The first-order chi connectivity index (χ1) is 4.84. The molecule has 1 atom stereocenters. The Morgan fingerprint density at radius 2 is 2.50 bits per heavy atom. The molecule has 1 aliphatic heterocycles. The molecule has 0 bridgehead atoms. The van der Waals surface area contributed by atoms with E-state index < -0.39 is 0 Å². The first kappa shape index (κ1) is 6.99. The van der Waals surface area contributed by atoms with Crippen LogP contribution in [0.4, 0.5) is 0 Å². The fourth-order valence-electron chi connectivity index (χ4n) is 0.829. The third-order valence-corrected chi connectivity index (χ3v) is 1.39. The molecule has 1 unspecified atom stereocenters. The molecule has 0 N–H and O–H groups in total. The molecule has 0 aromatic carbocycles. The standard InChI is InChI=1S/C7H8O3/c8-4-1-2-6-3-5-10-7(6)9/h3-6H,1-2H2. The van der Waals surface area contributed by atoms with Gasteiger partial charge in [0, 0.05) is 6.42 Å². The fourth-order valence-corrected chi connectivity index (χ4v) is 0.829. The quantitative estimate of drug-likeness (QED) is 0.427. The second-order valence-electron chi connectivity index (χ2n) is 2.12. The highest BCUT2D eigenvalue weighted by Gasteiger charge is 2.20. The first-order valence-electron chi connectivity index (χ1n) is 3.15. The number of carbonyl (C=O) groups excluding carboxylic acids is 2. The molecule has 1 rings (SSSR count). The van der Waals surface area contributed by atoms with Crippen molar-refractivity contribution in [3.8, 4) is 0 Å². The van der Waals surface area contributed by atoms with Gasteiger partial charge in [-0.1, -0.05) is 0 Å². The van der Waals surface area contributed by atoms with Crippen LogP contribution in [0.15, 0.2) is 12.3 Å². The topological polar surface area (TPSA) is 43.4 Å². The van der Waals surface area contributed by atoms with Gasteiger partial charge in [0.2, 0.25) is 0 Å². The van der Waals surface area contributed by atoms with Crippen LogP contribution in [0.3, 0.4) is 0 Å². The van der Waals surface area contributed by atoms with E-state index in [1.807, 2.05) is 0 Å². The Morgan fingerprint density at radius 3 is 3.00 bits per heavy atom. The van der Waals surface area contributed by atoms with Gasteiger partial charge in [0.15, 0.2) is 0 Å². The first-order valence-corrected chi connectivity index (χ1v) is 3.15. The second kappa shape index (κ2) is 3.15. The Kier molecular flexibility index (Phi) is 2.20. The Hall–Kier alpha value is -1.12. The summed E-state index contributed by atoms with van der Waals surface area (Å²) in [5.41, 5.74) is 0. The molecule has 0 saturated heterocycles. The molecule has 0 spiro atoms.